The number of nitrogens with one attached hydrogen (secondary N) is 2. The number of benzene rings is 1. The topological polar surface area (TPSA) is 85.3 Å². The second-order valence-electron chi connectivity index (χ2n) is 7.45. The number of urea groups is 1. The first kappa shape index (κ1) is 21.9. The molecule has 0 saturated carbocycles. The Morgan fingerprint density at radius 2 is 1.93 bits per heavy atom. The second-order valence-corrected chi connectivity index (χ2v) is 8.36. The van der Waals surface area contributed by atoms with Crippen molar-refractivity contribution in [3.05, 3.63) is 47.0 Å². The number of rotatable bonds is 7. The second kappa shape index (κ2) is 9.73. The molecule has 8 heteroatoms. The molecule has 0 spiro atoms. The number of aromatic nitrogens is 2. The first-order valence-electron chi connectivity index (χ1n) is 9.24. The van der Waals surface area contributed by atoms with Crippen molar-refractivity contribution in [2.45, 2.75) is 58.7 Å². The summed E-state index contributed by atoms with van der Waals surface area (Å²) in [6, 6.07) is 6.67. The van der Waals surface area contributed by atoms with Crippen molar-refractivity contribution < 1.29 is 14.3 Å². The maximum atomic E-state index is 12.4. The third-order valence-corrected chi connectivity index (χ3v) is 4.29. The SMILES string of the molecule is CCC[C@H](NC(=O)Nc1ccc(Br)cc1)c1nccn1CC(=O)OC(C)(C)C. The lowest BCUT2D eigenvalue weighted by atomic mass is 10.1. The van der Waals surface area contributed by atoms with Crippen LogP contribution < -0.4 is 10.6 Å². The Labute approximate surface area is 174 Å². The van der Waals surface area contributed by atoms with Crippen LogP contribution in [0.15, 0.2) is 41.1 Å². The van der Waals surface area contributed by atoms with E-state index < -0.39 is 5.60 Å². The summed E-state index contributed by atoms with van der Waals surface area (Å²) < 4.78 is 8.04. The van der Waals surface area contributed by atoms with Crippen molar-refractivity contribution in [3.8, 4) is 0 Å². The zero-order valence-corrected chi connectivity index (χ0v) is 18.2. The fourth-order valence-electron chi connectivity index (χ4n) is 2.69. The van der Waals surface area contributed by atoms with Gasteiger partial charge in [-0.25, -0.2) is 9.78 Å². The highest BCUT2D eigenvalue weighted by Gasteiger charge is 2.22. The number of carbonyl (C=O) groups excluding carboxylic acids is 2. The van der Waals surface area contributed by atoms with Gasteiger partial charge >= 0.3 is 12.0 Å². The molecule has 0 unspecified atom stereocenters. The quantitative estimate of drug-likeness (QED) is 0.601. The maximum absolute atomic E-state index is 12.4. The first-order valence-corrected chi connectivity index (χ1v) is 10.0. The summed E-state index contributed by atoms with van der Waals surface area (Å²) in [4.78, 5) is 29.0. The summed E-state index contributed by atoms with van der Waals surface area (Å²) in [6.07, 6.45) is 4.88. The molecular weight excluding hydrogens is 424 g/mol. The summed E-state index contributed by atoms with van der Waals surface area (Å²) in [7, 11) is 0. The van der Waals surface area contributed by atoms with Crippen LogP contribution in [0.1, 0.15) is 52.4 Å². The van der Waals surface area contributed by atoms with E-state index in [0.717, 1.165) is 10.9 Å². The molecule has 0 saturated heterocycles. The van der Waals surface area contributed by atoms with Crippen molar-refractivity contribution in [1.82, 2.24) is 14.9 Å². The molecule has 0 bridgehead atoms. The number of imidazole rings is 1. The molecule has 2 amide bonds. The molecule has 1 aromatic heterocycles. The number of hydrogen-bond donors (Lipinski definition) is 2. The van der Waals surface area contributed by atoms with Crippen LogP contribution in [-0.4, -0.2) is 27.2 Å². The summed E-state index contributed by atoms with van der Waals surface area (Å²) in [6.45, 7) is 7.56. The summed E-state index contributed by atoms with van der Waals surface area (Å²) in [5, 5.41) is 5.76. The summed E-state index contributed by atoms with van der Waals surface area (Å²) >= 11 is 3.37. The van der Waals surface area contributed by atoms with Crippen LogP contribution in [0.25, 0.3) is 0 Å². The van der Waals surface area contributed by atoms with E-state index in [9.17, 15) is 9.59 Å². The van der Waals surface area contributed by atoms with Gasteiger partial charge in [-0.1, -0.05) is 29.3 Å². The van der Waals surface area contributed by atoms with E-state index in [4.69, 9.17) is 4.74 Å². The fourth-order valence-corrected chi connectivity index (χ4v) is 2.95. The number of amides is 2. The smallest absolute Gasteiger partial charge is 0.326 e. The van der Waals surface area contributed by atoms with Gasteiger partial charge in [-0.05, 0) is 51.5 Å². The maximum Gasteiger partial charge on any atom is 0.326 e. The predicted octanol–water partition coefficient (Wildman–Crippen LogP) is 4.65. The number of carbonyl (C=O) groups is 2. The van der Waals surface area contributed by atoms with E-state index in [-0.39, 0.29) is 24.6 Å². The first-order chi connectivity index (χ1) is 13.2. The number of anilines is 1. The molecule has 2 N–H and O–H groups in total. The third kappa shape index (κ3) is 6.99. The van der Waals surface area contributed by atoms with Gasteiger partial charge in [0.05, 0.1) is 6.04 Å². The van der Waals surface area contributed by atoms with E-state index in [1.807, 2.05) is 52.0 Å². The molecule has 0 aliphatic carbocycles. The zero-order valence-electron chi connectivity index (χ0n) is 16.7. The lowest BCUT2D eigenvalue weighted by Gasteiger charge is -2.22. The number of nitrogens with zero attached hydrogens (tertiary/aromatic N) is 2. The Hall–Kier alpha value is -2.35. The molecule has 0 radical (unpaired) electrons. The molecule has 0 aliphatic rings. The van der Waals surface area contributed by atoms with E-state index in [1.165, 1.54) is 0 Å². The Balaban J connectivity index is 2.07. The molecule has 28 heavy (non-hydrogen) atoms. The van der Waals surface area contributed by atoms with Crippen molar-refractivity contribution in [1.29, 1.82) is 0 Å². The minimum atomic E-state index is -0.552. The minimum absolute atomic E-state index is 0.0445. The molecular formula is C20H27BrN4O3. The van der Waals surface area contributed by atoms with Gasteiger partial charge in [-0.2, -0.15) is 0 Å². The van der Waals surface area contributed by atoms with Gasteiger partial charge < -0.3 is 19.9 Å². The summed E-state index contributed by atoms with van der Waals surface area (Å²) in [5.74, 6) is 0.278. The number of esters is 1. The van der Waals surface area contributed by atoms with Gasteiger partial charge in [0, 0.05) is 22.6 Å². The monoisotopic (exact) mass is 450 g/mol. The molecule has 0 aliphatic heterocycles. The van der Waals surface area contributed by atoms with E-state index in [2.05, 4.69) is 31.5 Å². The van der Waals surface area contributed by atoms with Gasteiger partial charge in [0.2, 0.25) is 0 Å². The van der Waals surface area contributed by atoms with Crippen LogP contribution in [-0.2, 0) is 16.1 Å². The number of ether oxygens (including phenoxy) is 1. The number of hydrogen-bond acceptors (Lipinski definition) is 4. The fraction of sp³-hybridized carbons (Fsp3) is 0.450. The van der Waals surface area contributed by atoms with Crippen molar-refractivity contribution >= 4 is 33.6 Å². The molecule has 1 aromatic carbocycles. The molecule has 2 rings (SSSR count). The Morgan fingerprint density at radius 1 is 1.25 bits per heavy atom. The molecule has 0 fully saturated rings. The normalized spacial score (nSPS) is 12.3. The molecule has 1 heterocycles. The van der Waals surface area contributed by atoms with Gasteiger partial charge in [0.25, 0.3) is 0 Å². The van der Waals surface area contributed by atoms with Crippen LogP contribution in [0.3, 0.4) is 0 Å². The van der Waals surface area contributed by atoms with Crippen LogP contribution in [0, 0.1) is 0 Å². The highest BCUT2D eigenvalue weighted by molar-refractivity contribution is 9.10. The largest absolute Gasteiger partial charge is 0.459 e. The lowest BCUT2D eigenvalue weighted by Crippen LogP contribution is -2.34. The average Bonchev–Trinajstić information content (AvgIpc) is 3.02. The van der Waals surface area contributed by atoms with E-state index in [1.54, 1.807) is 17.0 Å². The van der Waals surface area contributed by atoms with Gasteiger partial charge in [-0.3, -0.25) is 4.79 Å². The lowest BCUT2D eigenvalue weighted by molar-refractivity contribution is -0.155. The molecule has 1 atom stereocenters. The highest BCUT2D eigenvalue weighted by Crippen LogP contribution is 2.19. The predicted molar refractivity (Wildman–Crippen MR) is 112 cm³/mol. The van der Waals surface area contributed by atoms with Crippen LogP contribution in [0.4, 0.5) is 10.5 Å². The Morgan fingerprint density at radius 3 is 2.54 bits per heavy atom. The Kier molecular flexibility index (Phi) is 7.62. The zero-order chi connectivity index (χ0) is 20.7. The summed E-state index contributed by atoms with van der Waals surface area (Å²) in [5.41, 5.74) is 0.136. The van der Waals surface area contributed by atoms with E-state index in [0.29, 0.717) is 17.9 Å². The highest BCUT2D eigenvalue weighted by atomic mass is 79.9. The van der Waals surface area contributed by atoms with Crippen molar-refractivity contribution in [2.75, 3.05) is 5.32 Å². The van der Waals surface area contributed by atoms with E-state index >= 15 is 0 Å². The average molecular weight is 451 g/mol. The van der Waals surface area contributed by atoms with Crippen LogP contribution in [0.2, 0.25) is 0 Å². The van der Waals surface area contributed by atoms with Gasteiger partial charge in [0.1, 0.15) is 18.0 Å². The molecule has 7 nitrogen and oxygen atoms in total. The van der Waals surface area contributed by atoms with Gasteiger partial charge in [-0.15, -0.1) is 0 Å². The standard InChI is InChI=1S/C20H27BrN4O3/c1-5-6-16(24-19(27)23-15-9-7-14(21)8-10-15)18-22-11-12-25(18)13-17(26)28-20(2,3)4/h7-12,16H,5-6,13H2,1-4H3,(H2,23,24,27)/t16-/m0/s1. The molecule has 152 valence electrons. The molecule has 2 aromatic rings. The van der Waals surface area contributed by atoms with Crippen LogP contribution >= 0.6 is 15.9 Å². The van der Waals surface area contributed by atoms with Gasteiger partial charge in [0.15, 0.2) is 0 Å². The van der Waals surface area contributed by atoms with Crippen LogP contribution in [0.5, 0.6) is 0 Å². The third-order valence-electron chi connectivity index (χ3n) is 3.76. The van der Waals surface area contributed by atoms with Crippen molar-refractivity contribution in [2.24, 2.45) is 0 Å². The minimum Gasteiger partial charge on any atom is -0.459 e. The van der Waals surface area contributed by atoms with Crippen molar-refractivity contribution in [3.63, 3.8) is 0 Å². The number of halogens is 1. The Bertz CT molecular complexity index is 797.